The molecular formula is C46H73ClN8O11. The third-order valence-corrected chi connectivity index (χ3v) is 12.6. The van der Waals surface area contributed by atoms with E-state index in [0.29, 0.717) is 37.0 Å². The Balaban J connectivity index is 2.26. The van der Waals surface area contributed by atoms with Gasteiger partial charge >= 0.3 is 5.97 Å². The summed E-state index contributed by atoms with van der Waals surface area (Å²) >= 11 is 6.49. The van der Waals surface area contributed by atoms with Crippen molar-refractivity contribution >= 4 is 58.9 Å². The number of rotatable bonds is 16. The lowest BCUT2D eigenvalue weighted by Crippen LogP contribution is -2.66. The number of methoxy groups -OCH3 is 1. The Bertz CT molecular complexity index is 1880. The Morgan fingerprint density at radius 3 is 2.23 bits per heavy atom. The Hall–Kier alpha value is -5.01. The number of ether oxygens (including phenoxy) is 2. The highest BCUT2D eigenvalue weighted by Gasteiger charge is 2.47. The number of cyclic esters (lactones) is 1. The lowest BCUT2D eigenvalue weighted by Gasteiger charge is -2.44. The zero-order chi connectivity index (χ0) is 49.6. The Labute approximate surface area is 393 Å². The SMILES string of the molecule is CCCC(=O)N[C@H](C(=O)N[C@@H]1C(=O)N[C@@H](CCCCN)C(=O)N[C@H]2CC[C@@H](O)N(C2=O)C([C@H](C)CC)C(=O)N(C)[C@@H](Cc2ccc(OC)c(Cl)c2)C(=O)NC(C(C)C)C(=O)O[C@H]1C)C(C)C. The van der Waals surface area contributed by atoms with E-state index < -0.39 is 114 Å². The number of unbranched alkanes of at least 4 members (excludes halogenated alkanes) is 1. The molecule has 0 aliphatic carbocycles. The molecule has 1 aromatic carbocycles. The third kappa shape index (κ3) is 14.5. The third-order valence-electron chi connectivity index (χ3n) is 12.3. The average molecular weight is 950 g/mol. The summed E-state index contributed by atoms with van der Waals surface area (Å²) in [4.78, 5) is 116. The number of nitrogens with two attached hydrogens (primary N) is 1. The van der Waals surface area contributed by atoms with Crippen LogP contribution in [0.4, 0.5) is 0 Å². The molecule has 66 heavy (non-hydrogen) atoms. The molecule has 0 aromatic heterocycles. The number of hydrogen-bond donors (Lipinski definition) is 7. The number of carbonyl (C=O) groups is 8. The van der Waals surface area contributed by atoms with Crippen molar-refractivity contribution in [2.75, 3.05) is 20.7 Å². The van der Waals surface area contributed by atoms with E-state index in [1.807, 2.05) is 13.8 Å². The summed E-state index contributed by atoms with van der Waals surface area (Å²) in [7, 11) is 2.84. The molecule has 0 spiro atoms. The van der Waals surface area contributed by atoms with E-state index in [1.54, 1.807) is 52.8 Å². The maximum atomic E-state index is 14.9. The second-order valence-electron chi connectivity index (χ2n) is 18.1. The molecule has 0 radical (unpaired) electrons. The fraction of sp³-hybridized carbons (Fsp3) is 0.696. The van der Waals surface area contributed by atoms with E-state index in [1.165, 1.54) is 26.0 Å². The molecule has 10 atom stereocenters. The first kappa shape index (κ1) is 55.3. The molecule has 7 amide bonds. The van der Waals surface area contributed by atoms with Gasteiger partial charge in [0.2, 0.25) is 41.4 Å². The monoisotopic (exact) mass is 949 g/mol. The van der Waals surface area contributed by atoms with Crippen LogP contribution in [0.1, 0.15) is 112 Å². The fourth-order valence-corrected chi connectivity index (χ4v) is 8.34. The number of fused-ring (bicyclic) bond motifs is 2. The summed E-state index contributed by atoms with van der Waals surface area (Å²) in [5.41, 5.74) is 6.29. The van der Waals surface area contributed by atoms with Gasteiger partial charge in [0.1, 0.15) is 60.4 Å². The van der Waals surface area contributed by atoms with Crippen LogP contribution in [0.3, 0.4) is 0 Å². The first-order valence-electron chi connectivity index (χ1n) is 23.1. The fourth-order valence-electron chi connectivity index (χ4n) is 8.06. The van der Waals surface area contributed by atoms with Crippen LogP contribution in [0.5, 0.6) is 5.75 Å². The smallest absolute Gasteiger partial charge is 0.329 e. The number of benzene rings is 1. The summed E-state index contributed by atoms with van der Waals surface area (Å²) < 4.78 is 11.2. The van der Waals surface area contributed by atoms with Gasteiger partial charge in [-0.1, -0.05) is 72.6 Å². The van der Waals surface area contributed by atoms with E-state index >= 15 is 0 Å². The Kier molecular flexibility index (Phi) is 21.6. The number of esters is 1. The molecule has 2 aliphatic rings. The van der Waals surface area contributed by atoms with Gasteiger partial charge in [0.05, 0.1) is 12.1 Å². The van der Waals surface area contributed by atoms with E-state index in [2.05, 4.69) is 26.6 Å². The molecular weight excluding hydrogens is 876 g/mol. The van der Waals surface area contributed by atoms with Gasteiger partial charge in [-0.2, -0.15) is 0 Å². The van der Waals surface area contributed by atoms with Gasteiger partial charge in [0.25, 0.3) is 0 Å². The van der Waals surface area contributed by atoms with Crippen LogP contribution in [0.2, 0.25) is 5.02 Å². The quantitative estimate of drug-likeness (QED) is 0.0923. The number of amides is 7. The first-order valence-corrected chi connectivity index (χ1v) is 23.5. The summed E-state index contributed by atoms with van der Waals surface area (Å²) in [6, 6.07) is -4.43. The summed E-state index contributed by atoms with van der Waals surface area (Å²) in [5, 5.41) is 25.2. The Morgan fingerprint density at radius 2 is 1.65 bits per heavy atom. The van der Waals surface area contributed by atoms with Gasteiger partial charge in [0, 0.05) is 19.9 Å². The molecule has 370 valence electrons. The molecule has 1 aromatic rings. The molecule has 2 aliphatic heterocycles. The molecule has 2 unspecified atom stereocenters. The van der Waals surface area contributed by atoms with Gasteiger partial charge in [-0.05, 0) is 87.4 Å². The van der Waals surface area contributed by atoms with E-state index in [-0.39, 0.29) is 49.6 Å². The predicted molar refractivity (Wildman–Crippen MR) is 246 cm³/mol. The number of aliphatic hydroxyl groups is 1. The second kappa shape index (κ2) is 25.8. The van der Waals surface area contributed by atoms with Crippen LogP contribution in [0.15, 0.2) is 18.2 Å². The summed E-state index contributed by atoms with van der Waals surface area (Å²) in [6.07, 6.45) is -1.07. The minimum Gasteiger partial charge on any atom is -0.495 e. The van der Waals surface area contributed by atoms with E-state index in [9.17, 15) is 43.5 Å². The van der Waals surface area contributed by atoms with Crippen molar-refractivity contribution in [3.63, 3.8) is 0 Å². The topological polar surface area (TPSA) is 268 Å². The largest absolute Gasteiger partial charge is 0.495 e. The van der Waals surface area contributed by atoms with Crippen molar-refractivity contribution in [1.29, 1.82) is 0 Å². The van der Waals surface area contributed by atoms with E-state index in [0.717, 1.165) is 4.90 Å². The number of hydrogen-bond acceptors (Lipinski definition) is 12. The average Bonchev–Trinajstić information content (AvgIpc) is 3.26. The number of likely N-dealkylation sites (N-methyl/N-ethyl adjacent to an activating group) is 1. The highest BCUT2D eigenvalue weighted by Crippen LogP contribution is 2.29. The first-order chi connectivity index (χ1) is 31.1. The van der Waals surface area contributed by atoms with Crippen LogP contribution < -0.4 is 37.1 Å². The zero-order valence-corrected chi connectivity index (χ0v) is 40.9. The number of nitrogens with zero attached hydrogens (tertiary/aromatic N) is 2. The predicted octanol–water partition coefficient (Wildman–Crippen LogP) is 1.68. The maximum absolute atomic E-state index is 14.9. The van der Waals surface area contributed by atoms with Crippen LogP contribution in [0.25, 0.3) is 0 Å². The molecule has 8 N–H and O–H groups in total. The van der Waals surface area contributed by atoms with Crippen molar-refractivity contribution in [1.82, 2.24) is 36.4 Å². The highest BCUT2D eigenvalue weighted by molar-refractivity contribution is 6.32. The van der Waals surface area contributed by atoms with Crippen molar-refractivity contribution in [2.24, 2.45) is 23.5 Å². The standard InChI is InChI=1S/C46H73ClN8O11/c1-11-15-34(56)51-36(24(3)4)42(60)53-38-27(8)66-46(64)37(25(5)6)52-41(59)32(23-28-17-19-33(65-10)29(47)22-28)54(9)45(63)39(26(7)12-2)55-35(57)20-18-31(44(55)62)50-40(58)30(49-43(38)61)16-13-14-21-48/h17,19,22,24-27,30-32,35-39,57H,11-16,18,20-21,23,48H2,1-10H3,(H,49,61)(H,50,58)(H,51,56)(H,52,59)(H,53,60)/t26-,27+,30+,31+,32+,35-,36+,37?,38+,39?/m1/s1. The lowest BCUT2D eigenvalue weighted by atomic mass is 9.91. The van der Waals surface area contributed by atoms with Crippen molar-refractivity contribution in [3.05, 3.63) is 28.8 Å². The van der Waals surface area contributed by atoms with Gasteiger partial charge < -0.3 is 56.7 Å². The summed E-state index contributed by atoms with van der Waals surface area (Å²) in [5.74, 6) is -7.26. The number of piperidine rings is 1. The molecule has 2 bridgehead atoms. The molecule has 20 heteroatoms. The molecule has 19 nitrogen and oxygen atoms in total. The number of nitrogens with one attached hydrogen (secondary N) is 5. The van der Waals surface area contributed by atoms with Crippen molar-refractivity contribution in [3.8, 4) is 5.75 Å². The molecule has 2 heterocycles. The minimum absolute atomic E-state index is 0.00514. The van der Waals surface area contributed by atoms with Gasteiger partial charge in [-0.3, -0.25) is 33.6 Å². The lowest BCUT2D eigenvalue weighted by molar-refractivity contribution is -0.168. The maximum Gasteiger partial charge on any atom is 0.329 e. The number of halogens is 1. The highest BCUT2D eigenvalue weighted by atomic mass is 35.5. The van der Waals surface area contributed by atoms with Gasteiger partial charge in [-0.15, -0.1) is 0 Å². The van der Waals surface area contributed by atoms with Crippen molar-refractivity contribution < 1.29 is 52.9 Å². The molecule has 2 fully saturated rings. The minimum atomic E-state index is -1.64. The van der Waals surface area contributed by atoms with E-state index in [4.69, 9.17) is 26.8 Å². The normalized spacial score (nSPS) is 26.0. The van der Waals surface area contributed by atoms with Crippen LogP contribution in [-0.4, -0.2) is 138 Å². The zero-order valence-electron chi connectivity index (χ0n) is 40.1. The second-order valence-corrected chi connectivity index (χ2v) is 18.5. The molecule has 2 saturated heterocycles. The van der Waals surface area contributed by atoms with Gasteiger partial charge in [0.15, 0.2) is 0 Å². The van der Waals surface area contributed by atoms with Gasteiger partial charge in [-0.25, -0.2) is 4.79 Å². The van der Waals surface area contributed by atoms with Crippen LogP contribution in [0, 0.1) is 17.8 Å². The summed E-state index contributed by atoms with van der Waals surface area (Å²) in [6.45, 7) is 13.7. The molecule has 3 rings (SSSR count). The number of aliphatic hydroxyl groups excluding tert-OH is 1. The molecule has 0 saturated carbocycles. The van der Waals surface area contributed by atoms with Crippen molar-refractivity contribution in [2.45, 2.75) is 168 Å². The number of carbonyl (C=O) groups excluding carboxylic acids is 8. The Morgan fingerprint density at radius 1 is 0.970 bits per heavy atom. The van der Waals surface area contributed by atoms with Crippen LogP contribution in [-0.2, 0) is 49.5 Å². The van der Waals surface area contributed by atoms with Crippen LogP contribution >= 0.6 is 11.6 Å².